The summed E-state index contributed by atoms with van der Waals surface area (Å²) in [6.45, 7) is 6.38. The van der Waals surface area contributed by atoms with Crippen LogP contribution >= 0.6 is 22.7 Å². The molecule has 1 amide bonds. The van der Waals surface area contributed by atoms with Crippen molar-refractivity contribution < 1.29 is 22.7 Å². The van der Waals surface area contributed by atoms with E-state index in [9.17, 15) is 18.0 Å². The summed E-state index contributed by atoms with van der Waals surface area (Å²) in [7, 11) is -3.76. The van der Waals surface area contributed by atoms with E-state index in [1.807, 2.05) is 18.2 Å². The van der Waals surface area contributed by atoms with E-state index in [4.69, 9.17) is 4.74 Å². The number of rotatable bonds is 7. The van der Waals surface area contributed by atoms with Crippen LogP contribution < -0.4 is 4.80 Å². The fourth-order valence-corrected chi connectivity index (χ4v) is 7.85. The fourth-order valence-electron chi connectivity index (χ4n) is 3.99. The lowest BCUT2D eigenvalue weighted by Crippen LogP contribution is -2.40. The molecule has 1 aliphatic rings. The summed E-state index contributed by atoms with van der Waals surface area (Å²) >= 11 is 2.44. The van der Waals surface area contributed by atoms with Crippen LogP contribution in [0.2, 0.25) is 0 Å². The molecule has 0 N–H and O–H groups in total. The Morgan fingerprint density at radius 2 is 2.06 bits per heavy atom. The third-order valence-electron chi connectivity index (χ3n) is 5.72. The number of thiazole rings is 1. The minimum Gasteiger partial charge on any atom is -0.465 e. The third kappa shape index (κ3) is 4.88. The summed E-state index contributed by atoms with van der Waals surface area (Å²) in [6.07, 6.45) is 0.997. The number of hydrogen-bond donors (Lipinski definition) is 0. The number of hydrogen-bond acceptors (Lipinski definition) is 7. The number of fused-ring (bicyclic) bond motifs is 1. The number of esters is 1. The van der Waals surface area contributed by atoms with Gasteiger partial charge in [-0.2, -0.15) is 9.30 Å². The van der Waals surface area contributed by atoms with Gasteiger partial charge in [-0.05, 0) is 54.8 Å². The predicted octanol–water partition coefficient (Wildman–Crippen LogP) is 3.73. The molecule has 11 heteroatoms. The normalized spacial score (nSPS) is 17.6. The van der Waals surface area contributed by atoms with Crippen LogP contribution in [0.25, 0.3) is 10.2 Å². The quantitative estimate of drug-likeness (QED) is 0.441. The molecular formula is C23H27N3O5S3. The van der Waals surface area contributed by atoms with E-state index in [1.54, 1.807) is 29.0 Å². The highest BCUT2D eigenvalue weighted by molar-refractivity contribution is 7.91. The minimum absolute atomic E-state index is 0.0805. The standard InChI is InChI=1S/C23H27N3O5S3/c1-4-31-20(27)14-25-17-10-9-16(15(2)3)13-19(17)33-23(25)24-22(28)18-7-5-11-26(18)34(29,30)21-8-6-12-32-21/h6,8-10,12-13,15,18H,4-5,7,11,14H2,1-3H3. The molecular weight excluding hydrogens is 494 g/mol. The second-order valence-corrected chi connectivity index (χ2v) is 12.4. The molecule has 182 valence electrons. The molecule has 0 spiro atoms. The van der Waals surface area contributed by atoms with Crippen LogP contribution in [-0.2, 0) is 30.9 Å². The number of ether oxygens (including phenoxy) is 1. The topological polar surface area (TPSA) is 98.0 Å². The van der Waals surface area contributed by atoms with E-state index in [0.29, 0.717) is 23.6 Å². The Morgan fingerprint density at radius 3 is 2.74 bits per heavy atom. The van der Waals surface area contributed by atoms with Gasteiger partial charge in [0.15, 0.2) is 4.80 Å². The average Bonchev–Trinajstić information content (AvgIpc) is 3.54. The number of thiophene rings is 1. The number of amides is 1. The van der Waals surface area contributed by atoms with Gasteiger partial charge in [-0.25, -0.2) is 8.42 Å². The maximum Gasteiger partial charge on any atom is 0.326 e. The second-order valence-electron chi connectivity index (χ2n) is 8.31. The first-order valence-electron chi connectivity index (χ1n) is 11.1. The molecule has 4 rings (SSSR count). The summed E-state index contributed by atoms with van der Waals surface area (Å²) in [6, 6.07) is 8.32. The molecule has 0 aliphatic carbocycles. The molecule has 1 fully saturated rings. The van der Waals surface area contributed by atoms with Crippen molar-refractivity contribution in [3.8, 4) is 0 Å². The van der Waals surface area contributed by atoms with E-state index in [0.717, 1.165) is 27.1 Å². The molecule has 2 aromatic heterocycles. The Bertz CT molecular complexity index is 1370. The van der Waals surface area contributed by atoms with Crippen LogP contribution in [0.15, 0.2) is 44.9 Å². The van der Waals surface area contributed by atoms with Crippen molar-refractivity contribution >= 4 is 54.8 Å². The van der Waals surface area contributed by atoms with Crippen LogP contribution in [0, 0.1) is 0 Å². The van der Waals surface area contributed by atoms with E-state index < -0.39 is 27.9 Å². The summed E-state index contributed by atoms with van der Waals surface area (Å²) < 4.78 is 35.3. The molecule has 8 nitrogen and oxygen atoms in total. The molecule has 3 aromatic rings. The SMILES string of the molecule is CCOC(=O)Cn1c(=NC(=O)C2CCCN2S(=O)(=O)c2cccs2)sc2cc(C(C)C)ccc21. The molecule has 0 radical (unpaired) electrons. The monoisotopic (exact) mass is 521 g/mol. The van der Waals surface area contributed by atoms with E-state index in [-0.39, 0.29) is 23.9 Å². The van der Waals surface area contributed by atoms with Crippen LogP contribution in [0.1, 0.15) is 45.1 Å². The number of benzene rings is 1. The average molecular weight is 522 g/mol. The van der Waals surface area contributed by atoms with Crippen LogP contribution in [0.5, 0.6) is 0 Å². The zero-order valence-corrected chi connectivity index (χ0v) is 21.7. The van der Waals surface area contributed by atoms with E-state index >= 15 is 0 Å². The summed E-state index contributed by atoms with van der Waals surface area (Å²) in [5.41, 5.74) is 1.92. The molecule has 1 aliphatic heterocycles. The van der Waals surface area contributed by atoms with Gasteiger partial charge in [0, 0.05) is 6.54 Å². The van der Waals surface area contributed by atoms with Gasteiger partial charge in [-0.15, -0.1) is 11.3 Å². The van der Waals surface area contributed by atoms with Crippen LogP contribution in [0.4, 0.5) is 0 Å². The predicted molar refractivity (Wildman–Crippen MR) is 132 cm³/mol. The first kappa shape index (κ1) is 24.8. The van der Waals surface area contributed by atoms with Crippen LogP contribution in [0.3, 0.4) is 0 Å². The van der Waals surface area contributed by atoms with Crippen molar-refractivity contribution in [1.82, 2.24) is 8.87 Å². The largest absolute Gasteiger partial charge is 0.465 e. The first-order chi connectivity index (χ1) is 16.2. The van der Waals surface area contributed by atoms with Gasteiger partial charge in [0.1, 0.15) is 16.8 Å². The van der Waals surface area contributed by atoms with Gasteiger partial charge in [-0.3, -0.25) is 9.59 Å². The highest BCUT2D eigenvalue weighted by Gasteiger charge is 2.40. The minimum atomic E-state index is -3.76. The molecule has 3 heterocycles. The maximum absolute atomic E-state index is 13.3. The lowest BCUT2D eigenvalue weighted by molar-refractivity contribution is -0.143. The van der Waals surface area contributed by atoms with E-state index in [1.165, 1.54) is 15.6 Å². The van der Waals surface area contributed by atoms with Gasteiger partial charge in [0.05, 0.1) is 16.8 Å². The lowest BCUT2D eigenvalue weighted by Gasteiger charge is -2.20. The van der Waals surface area contributed by atoms with Crippen molar-refractivity contribution in [3.63, 3.8) is 0 Å². The lowest BCUT2D eigenvalue weighted by atomic mass is 10.0. The summed E-state index contributed by atoms with van der Waals surface area (Å²) in [5.74, 6) is -0.626. The zero-order valence-electron chi connectivity index (χ0n) is 19.3. The van der Waals surface area contributed by atoms with Crippen molar-refractivity contribution in [1.29, 1.82) is 0 Å². The van der Waals surface area contributed by atoms with Gasteiger partial charge in [0.2, 0.25) is 0 Å². The number of carbonyl (C=O) groups is 2. The van der Waals surface area contributed by atoms with Gasteiger partial charge in [-0.1, -0.05) is 37.3 Å². The van der Waals surface area contributed by atoms with E-state index in [2.05, 4.69) is 18.8 Å². The Morgan fingerprint density at radius 1 is 1.26 bits per heavy atom. The fraction of sp³-hybridized carbons (Fsp3) is 0.435. The maximum atomic E-state index is 13.3. The molecule has 1 saturated heterocycles. The van der Waals surface area contributed by atoms with Crippen molar-refractivity contribution in [2.45, 2.75) is 56.3 Å². The van der Waals surface area contributed by atoms with Gasteiger partial charge < -0.3 is 9.30 Å². The second kappa shape index (κ2) is 10.1. The van der Waals surface area contributed by atoms with Crippen molar-refractivity contribution in [2.75, 3.05) is 13.2 Å². The van der Waals surface area contributed by atoms with Crippen LogP contribution in [-0.4, -0.2) is 48.4 Å². The Balaban J connectivity index is 1.75. The third-order valence-corrected chi connectivity index (χ3v) is 10.0. The zero-order chi connectivity index (χ0) is 24.5. The number of sulfonamides is 1. The first-order valence-corrected chi connectivity index (χ1v) is 14.3. The molecule has 0 saturated carbocycles. The van der Waals surface area contributed by atoms with Gasteiger partial charge in [0.25, 0.3) is 15.9 Å². The highest BCUT2D eigenvalue weighted by atomic mass is 32.2. The smallest absolute Gasteiger partial charge is 0.326 e. The highest BCUT2D eigenvalue weighted by Crippen LogP contribution is 2.29. The molecule has 1 atom stereocenters. The molecule has 1 aromatic carbocycles. The van der Waals surface area contributed by atoms with Gasteiger partial charge >= 0.3 is 5.97 Å². The number of aromatic nitrogens is 1. The Hall–Kier alpha value is -2.34. The Kier molecular flexibility index (Phi) is 7.36. The number of nitrogens with zero attached hydrogens (tertiary/aromatic N) is 3. The summed E-state index contributed by atoms with van der Waals surface area (Å²) in [5, 5.41) is 1.70. The molecule has 0 bridgehead atoms. The summed E-state index contributed by atoms with van der Waals surface area (Å²) in [4.78, 5) is 30.3. The Labute approximate surface area is 206 Å². The van der Waals surface area contributed by atoms with Crippen molar-refractivity contribution in [3.05, 3.63) is 46.1 Å². The molecule has 34 heavy (non-hydrogen) atoms. The van der Waals surface area contributed by atoms with Crippen molar-refractivity contribution in [2.24, 2.45) is 4.99 Å². The molecule has 1 unspecified atom stereocenters. The number of carbonyl (C=O) groups excluding carboxylic acids is 2.